The lowest BCUT2D eigenvalue weighted by Crippen LogP contribution is -3.00. The van der Waals surface area contributed by atoms with Gasteiger partial charge in [0, 0.05) is 10.8 Å². The molecule has 1 aliphatic rings. The van der Waals surface area contributed by atoms with E-state index in [9.17, 15) is 0 Å². The lowest BCUT2D eigenvalue weighted by Gasteiger charge is -2.00. The average molecular weight is 315 g/mol. The van der Waals surface area contributed by atoms with Gasteiger partial charge in [-0.05, 0) is 24.1 Å². The Bertz CT molecular complexity index is 564. The van der Waals surface area contributed by atoms with Gasteiger partial charge in [0.25, 0.3) is 5.82 Å². The van der Waals surface area contributed by atoms with Crippen molar-refractivity contribution in [3.8, 4) is 0 Å². The van der Waals surface area contributed by atoms with Crippen molar-refractivity contribution in [3.63, 3.8) is 0 Å². The van der Waals surface area contributed by atoms with Crippen molar-refractivity contribution in [1.29, 1.82) is 0 Å². The lowest BCUT2D eigenvalue weighted by molar-refractivity contribution is -0.691. The van der Waals surface area contributed by atoms with Crippen molar-refractivity contribution in [3.05, 3.63) is 46.9 Å². The summed E-state index contributed by atoms with van der Waals surface area (Å²) in [5.41, 5.74) is 1.32. The molecule has 0 saturated carbocycles. The van der Waals surface area contributed by atoms with E-state index in [0.717, 1.165) is 10.8 Å². The lowest BCUT2D eigenvalue weighted by atomic mass is 10.2. The minimum atomic E-state index is 0. The van der Waals surface area contributed by atoms with E-state index in [-0.39, 0.29) is 12.4 Å². The Balaban J connectivity index is 0.00000133. The van der Waals surface area contributed by atoms with E-state index in [0.29, 0.717) is 0 Å². The fourth-order valence-corrected chi connectivity index (χ4v) is 3.53. The third kappa shape index (κ3) is 3.10. The van der Waals surface area contributed by atoms with Gasteiger partial charge in [-0.25, -0.2) is 9.13 Å². The monoisotopic (exact) mass is 314 g/mol. The number of hydrogen-bond acceptors (Lipinski definition) is 1. The summed E-state index contributed by atoms with van der Waals surface area (Å²) in [6.45, 7) is 1.17. The smallest absolute Gasteiger partial charge is 0.257 e. The molecule has 0 amide bonds. The number of rotatable bonds is 3. The number of halogens is 2. The third-order valence-corrected chi connectivity index (χ3v) is 4.82. The van der Waals surface area contributed by atoms with E-state index in [4.69, 9.17) is 11.6 Å². The molecule has 1 aromatic carbocycles. The quantitative estimate of drug-likeness (QED) is 0.581. The van der Waals surface area contributed by atoms with Gasteiger partial charge in [0.1, 0.15) is 6.20 Å². The molecule has 2 nitrogen and oxygen atoms in total. The highest BCUT2D eigenvalue weighted by molar-refractivity contribution is 7.98. The van der Waals surface area contributed by atoms with Crippen molar-refractivity contribution in [2.45, 2.75) is 30.2 Å². The van der Waals surface area contributed by atoms with Gasteiger partial charge in [0.2, 0.25) is 5.03 Å². The molecule has 102 valence electrons. The van der Waals surface area contributed by atoms with Crippen molar-refractivity contribution in [2.24, 2.45) is 7.05 Å². The van der Waals surface area contributed by atoms with E-state index in [1.807, 2.05) is 23.9 Å². The molecule has 19 heavy (non-hydrogen) atoms. The number of aryl methyl sites for hydroxylation is 1. The maximum absolute atomic E-state index is 5.89. The van der Waals surface area contributed by atoms with Gasteiger partial charge in [-0.15, -0.1) is 0 Å². The van der Waals surface area contributed by atoms with Crippen LogP contribution in [0.5, 0.6) is 0 Å². The van der Waals surface area contributed by atoms with E-state index in [1.54, 1.807) is 0 Å². The van der Waals surface area contributed by atoms with Crippen molar-refractivity contribution >= 4 is 23.4 Å². The molecule has 2 aromatic rings. The fourth-order valence-electron chi connectivity index (χ4n) is 2.40. The number of hydrogen-bond donors (Lipinski definition) is 0. The molecule has 1 aliphatic heterocycles. The Kier molecular flexibility index (Phi) is 4.82. The van der Waals surface area contributed by atoms with E-state index < -0.39 is 0 Å². The minimum absolute atomic E-state index is 0. The maximum atomic E-state index is 5.89. The van der Waals surface area contributed by atoms with Gasteiger partial charge in [0.15, 0.2) is 0 Å². The standard InChI is InChI=1S/C14H16ClN2S.ClH/c1-16-13-3-2-8-17(13)9-14(16)18-10-11-4-6-12(15)7-5-11;/h4-7,9H,2-3,8,10H2,1H3;1H/q+1;/p-1. The molecule has 1 aromatic heterocycles. The van der Waals surface area contributed by atoms with Crippen LogP contribution < -0.4 is 17.0 Å². The van der Waals surface area contributed by atoms with Crippen LogP contribution >= 0.6 is 23.4 Å². The van der Waals surface area contributed by atoms with Gasteiger partial charge in [-0.2, -0.15) is 0 Å². The molecule has 0 aliphatic carbocycles. The van der Waals surface area contributed by atoms with Crippen LogP contribution in [0.4, 0.5) is 0 Å². The first kappa shape index (κ1) is 14.8. The van der Waals surface area contributed by atoms with Gasteiger partial charge >= 0.3 is 0 Å². The van der Waals surface area contributed by atoms with Crippen LogP contribution in [-0.4, -0.2) is 4.57 Å². The average Bonchev–Trinajstić information content (AvgIpc) is 2.93. The number of thioether (sulfide) groups is 1. The highest BCUT2D eigenvalue weighted by Crippen LogP contribution is 2.24. The molecular weight excluding hydrogens is 299 g/mol. The Morgan fingerprint density at radius 1 is 1.32 bits per heavy atom. The van der Waals surface area contributed by atoms with E-state index >= 15 is 0 Å². The maximum Gasteiger partial charge on any atom is 0.257 e. The molecule has 0 unspecified atom stereocenters. The summed E-state index contributed by atoms with van der Waals surface area (Å²) in [5.74, 6) is 2.45. The van der Waals surface area contributed by atoms with Crippen molar-refractivity contribution in [1.82, 2.24) is 4.57 Å². The summed E-state index contributed by atoms with van der Waals surface area (Å²) in [6.07, 6.45) is 4.77. The largest absolute Gasteiger partial charge is 1.00 e. The molecule has 5 heteroatoms. The molecule has 0 N–H and O–H groups in total. The van der Waals surface area contributed by atoms with Crippen LogP contribution in [0.25, 0.3) is 0 Å². The van der Waals surface area contributed by atoms with Crippen LogP contribution in [0.3, 0.4) is 0 Å². The molecule has 0 radical (unpaired) electrons. The first-order valence-corrected chi connectivity index (χ1v) is 7.55. The Hall–Kier alpha value is -0.640. The van der Waals surface area contributed by atoms with Gasteiger partial charge in [0.05, 0.1) is 20.0 Å². The zero-order chi connectivity index (χ0) is 12.5. The number of nitrogens with zero attached hydrogens (tertiary/aromatic N) is 2. The Labute approximate surface area is 129 Å². The Morgan fingerprint density at radius 2 is 2.05 bits per heavy atom. The van der Waals surface area contributed by atoms with Crippen molar-refractivity contribution in [2.75, 3.05) is 0 Å². The summed E-state index contributed by atoms with van der Waals surface area (Å²) in [5, 5.41) is 2.15. The molecule has 0 bridgehead atoms. The molecule has 3 rings (SSSR count). The van der Waals surface area contributed by atoms with Crippen LogP contribution in [0.15, 0.2) is 35.5 Å². The summed E-state index contributed by atoms with van der Waals surface area (Å²) in [6, 6.07) is 8.10. The van der Waals surface area contributed by atoms with Gasteiger partial charge in [-0.3, -0.25) is 0 Å². The third-order valence-electron chi connectivity index (χ3n) is 3.41. The molecule has 0 atom stereocenters. The van der Waals surface area contributed by atoms with Crippen molar-refractivity contribution < 1.29 is 17.0 Å². The van der Waals surface area contributed by atoms with Crippen LogP contribution in [0.2, 0.25) is 5.02 Å². The second-order valence-corrected chi connectivity index (χ2v) is 6.09. The van der Waals surface area contributed by atoms with E-state index in [1.165, 1.54) is 35.8 Å². The Morgan fingerprint density at radius 3 is 2.74 bits per heavy atom. The predicted molar refractivity (Wildman–Crippen MR) is 74.9 cm³/mol. The number of aromatic nitrogens is 2. The van der Waals surface area contributed by atoms with Gasteiger partial charge in [-0.1, -0.05) is 35.5 Å². The second-order valence-electron chi connectivity index (χ2n) is 4.65. The zero-order valence-electron chi connectivity index (χ0n) is 10.8. The summed E-state index contributed by atoms with van der Waals surface area (Å²) in [4.78, 5) is 0. The first-order chi connectivity index (χ1) is 8.74. The van der Waals surface area contributed by atoms with Crippen LogP contribution in [0, 0.1) is 0 Å². The molecule has 0 saturated heterocycles. The molecular formula is C14H16Cl2N2S. The first-order valence-electron chi connectivity index (χ1n) is 6.19. The van der Waals surface area contributed by atoms with E-state index in [2.05, 4.69) is 34.5 Å². The normalized spacial score (nSPS) is 13.2. The number of benzene rings is 1. The predicted octanol–water partition coefficient (Wildman–Crippen LogP) is 0.208. The highest BCUT2D eigenvalue weighted by atomic mass is 35.5. The topological polar surface area (TPSA) is 8.81 Å². The SMILES string of the molecule is Cn1c(SCc2ccc(Cl)cc2)c[n+]2c1CCC2.[Cl-]. The minimum Gasteiger partial charge on any atom is -1.00 e. The second kappa shape index (κ2) is 6.21. The summed E-state index contributed by atoms with van der Waals surface area (Å²) in [7, 11) is 2.17. The molecule has 0 spiro atoms. The van der Waals surface area contributed by atoms with Crippen LogP contribution in [-0.2, 0) is 25.8 Å². The van der Waals surface area contributed by atoms with Crippen LogP contribution in [0.1, 0.15) is 17.8 Å². The number of imidazole rings is 1. The van der Waals surface area contributed by atoms with Gasteiger partial charge < -0.3 is 12.4 Å². The highest BCUT2D eigenvalue weighted by Gasteiger charge is 2.25. The summed E-state index contributed by atoms with van der Waals surface area (Å²) >= 11 is 7.78. The number of fused-ring (bicyclic) bond motifs is 1. The fraction of sp³-hybridized carbons (Fsp3) is 0.357. The zero-order valence-corrected chi connectivity index (χ0v) is 13.1. The molecule has 2 heterocycles. The molecule has 0 fully saturated rings. The summed E-state index contributed by atoms with van der Waals surface area (Å²) < 4.78 is 4.71.